The van der Waals surface area contributed by atoms with E-state index in [-0.39, 0.29) is 11.9 Å². The van der Waals surface area contributed by atoms with E-state index in [1.807, 2.05) is 55.6 Å². The molecule has 0 aliphatic rings. The van der Waals surface area contributed by atoms with E-state index in [0.717, 1.165) is 17.0 Å². The van der Waals surface area contributed by atoms with Crippen molar-refractivity contribution in [2.45, 2.75) is 6.54 Å². The molecule has 2 aromatic carbocycles. The highest BCUT2D eigenvalue weighted by molar-refractivity contribution is 5.82. The molecule has 0 fully saturated rings. The standard InChI is InChI=1S/C22H20N4O3/c1-26(14-15-5-3-4-6-20(15)28-2)16-7-9-17(10-8-16)29-22-24-19-13-23-12-11-18(19)21(27)25-22/h3-13H,14H2,1-2H3,(H,24,25,27). The number of pyridine rings is 1. The van der Waals surface area contributed by atoms with Gasteiger partial charge < -0.3 is 19.5 Å². The largest absolute Gasteiger partial charge is 0.496 e. The van der Waals surface area contributed by atoms with Crippen molar-refractivity contribution >= 4 is 16.6 Å². The molecule has 0 aliphatic heterocycles. The Kier molecular flexibility index (Phi) is 5.11. The lowest BCUT2D eigenvalue weighted by molar-refractivity contribution is 0.409. The minimum Gasteiger partial charge on any atom is -0.496 e. The number of fused-ring (bicyclic) bond motifs is 1. The van der Waals surface area contributed by atoms with Crippen molar-refractivity contribution in [2.24, 2.45) is 0 Å². The van der Waals surface area contributed by atoms with Crippen molar-refractivity contribution in [3.8, 4) is 23.4 Å². The highest BCUT2D eigenvalue weighted by atomic mass is 16.5. The fourth-order valence-electron chi connectivity index (χ4n) is 3.04. The number of aromatic hydroxyl groups is 1. The van der Waals surface area contributed by atoms with Gasteiger partial charge in [-0.3, -0.25) is 4.98 Å². The van der Waals surface area contributed by atoms with E-state index in [9.17, 15) is 5.11 Å². The second-order valence-electron chi connectivity index (χ2n) is 6.49. The maximum Gasteiger partial charge on any atom is 0.325 e. The number of anilines is 1. The number of aromatic nitrogens is 3. The van der Waals surface area contributed by atoms with Crippen LogP contribution in [0.15, 0.2) is 67.0 Å². The monoisotopic (exact) mass is 388 g/mol. The van der Waals surface area contributed by atoms with Crippen LogP contribution in [0.2, 0.25) is 0 Å². The molecule has 0 radical (unpaired) electrons. The summed E-state index contributed by atoms with van der Waals surface area (Å²) in [6.45, 7) is 0.707. The number of ether oxygens (including phenoxy) is 2. The minimum atomic E-state index is -0.138. The summed E-state index contributed by atoms with van der Waals surface area (Å²) in [6.07, 6.45) is 3.13. The molecule has 4 rings (SSSR count). The highest BCUT2D eigenvalue weighted by Gasteiger charge is 2.10. The average Bonchev–Trinajstić information content (AvgIpc) is 2.74. The molecule has 2 aromatic heterocycles. The molecule has 0 saturated heterocycles. The molecule has 0 spiro atoms. The minimum absolute atomic E-state index is 0.0677. The first kappa shape index (κ1) is 18.5. The molecule has 0 aliphatic carbocycles. The van der Waals surface area contributed by atoms with E-state index < -0.39 is 0 Å². The smallest absolute Gasteiger partial charge is 0.325 e. The number of nitrogens with zero attached hydrogens (tertiary/aromatic N) is 4. The Hall–Kier alpha value is -3.87. The molecule has 0 unspecified atom stereocenters. The van der Waals surface area contributed by atoms with E-state index in [2.05, 4.69) is 19.9 Å². The third-order valence-electron chi connectivity index (χ3n) is 4.55. The fraction of sp³-hybridized carbons (Fsp3) is 0.136. The number of para-hydroxylation sites is 1. The van der Waals surface area contributed by atoms with Crippen LogP contribution in [0.3, 0.4) is 0 Å². The van der Waals surface area contributed by atoms with Crippen LogP contribution in [0.25, 0.3) is 10.9 Å². The summed E-state index contributed by atoms with van der Waals surface area (Å²) in [5.74, 6) is 1.30. The molecule has 0 amide bonds. The Morgan fingerprint density at radius 3 is 2.59 bits per heavy atom. The molecule has 1 N–H and O–H groups in total. The van der Waals surface area contributed by atoms with Gasteiger partial charge in [-0.25, -0.2) is 0 Å². The molecule has 7 heteroatoms. The molecule has 29 heavy (non-hydrogen) atoms. The molecule has 0 bridgehead atoms. The van der Waals surface area contributed by atoms with Gasteiger partial charge in [0.05, 0.1) is 24.2 Å². The van der Waals surface area contributed by atoms with Crippen LogP contribution >= 0.6 is 0 Å². The second-order valence-corrected chi connectivity index (χ2v) is 6.49. The zero-order valence-electron chi connectivity index (χ0n) is 16.1. The molecule has 146 valence electrons. The van der Waals surface area contributed by atoms with Crippen molar-refractivity contribution in [1.29, 1.82) is 0 Å². The molecule has 0 atom stereocenters. The summed E-state index contributed by atoms with van der Waals surface area (Å²) in [5, 5.41) is 10.6. The zero-order valence-corrected chi connectivity index (χ0v) is 16.1. The van der Waals surface area contributed by atoms with Crippen LogP contribution in [-0.4, -0.2) is 34.2 Å². The first-order valence-corrected chi connectivity index (χ1v) is 9.06. The summed E-state index contributed by atoms with van der Waals surface area (Å²) >= 11 is 0. The van der Waals surface area contributed by atoms with Gasteiger partial charge in [0, 0.05) is 31.0 Å². The van der Waals surface area contributed by atoms with Gasteiger partial charge in [-0.2, -0.15) is 9.97 Å². The summed E-state index contributed by atoms with van der Waals surface area (Å²) in [6, 6.07) is 17.2. The summed E-state index contributed by atoms with van der Waals surface area (Å²) < 4.78 is 11.1. The first-order chi connectivity index (χ1) is 14.1. The maximum atomic E-state index is 10.1. The van der Waals surface area contributed by atoms with Crippen LogP contribution in [0.1, 0.15) is 5.56 Å². The van der Waals surface area contributed by atoms with Gasteiger partial charge in [0.1, 0.15) is 11.5 Å². The summed E-state index contributed by atoms with van der Waals surface area (Å²) in [7, 11) is 3.69. The van der Waals surface area contributed by atoms with Gasteiger partial charge in [-0.15, -0.1) is 0 Å². The van der Waals surface area contributed by atoms with Crippen LogP contribution in [0, 0.1) is 0 Å². The van der Waals surface area contributed by atoms with E-state index in [4.69, 9.17) is 9.47 Å². The van der Waals surface area contributed by atoms with Crippen molar-refractivity contribution in [3.05, 3.63) is 72.6 Å². The van der Waals surface area contributed by atoms with Gasteiger partial charge >= 0.3 is 6.01 Å². The van der Waals surface area contributed by atoms with Gasteiger partial charge in [0.15, 0.2) is 0 Å². The van der Waals surface area contributed by atoms with Gasteiger partial charge in [0.25, 0.3) is 0 Å². The van der Waals surface area contributed by atoms with Gasteiger partial charge in [-0.1, -0.05) is 18.2 Å². The Balaban J connectivity index is 1.49. The molecule has 2 heterocycles. The van der Waals surface area contributed by atoms with E-state index in [1.165, 1.54) is 0 Å². The zero-order chi connectivity index (χ0) is 20.2. The molecule has 7 nitrogen and oxygen atoms in total. The summed E-state index contributed by atoms with van der Waals surface area (Å²) in [5.41, 5.74) is 2.64. The number of methoxy groups -OCH3 is 1. The van der Waals surface area contributed by atoms with Crippen molar-refractivity contribution in [1.82, 2.24) is 15.0 Å². The quantitative estimate of drug-likeness (QED) is 0.531. The summed E-state index contributed by atoms with van der Waals surface area (Å²) in [4.78, 5) is 14.4. The second kappa shape index (κ2) is 8.02. The lowest BCUT2D eigenvalue weighted by Gasteiger charge is -2.21. The lowest BCUT2D eigenvalue weighted by atomic mass is 10.2. The van der Waals surface area contributed by atoms with Crippen LogP contribution in [0.5, 0.6) is 23.4 Å². The van der Waals surface area contributed by atoms with Crippen LogP contribution in [-0.2, 0) is 6.54 Å². The number of hydrogen-bond donors (Lipinski definition) is 1. The normalized spacial score (nSPS) is 10.7. The Morgan fingerprint density at radius 2 is 1.79 bits per heavy atom. The highest BCUT2D eigenvalue weighted by Crippen LogP contribution is 2.28. The molecular weight excluding hydrogens is 368 g/mol. The number of rotatable bonds is 6. The first-order valence-electron chi connectivity index (χ1n) is 9.06. The number of benzene rings is 2. The third kappa shape index (κ3) is 4.03. The Morgan fingerprint density at radius 1 is 1.00 bits per heavy atom. The van der Waals surface area contributed by atoms with E-state index in [0.29, 0.717) is 23.2 Å². The predicted octanol–water partition coefficient (Wildman–Crippen LogP) is 4.17. The van der Waals surface area contributed by atoms with Crippen molar-refractivity contribution < 1.29 is 14.6 Å². The van der Waals surface area contributed by atoms with Gasteiger partial charge in [-0.05, 0) is 36.4 Å². The topological polar surface area (TPSA) is 80.6 Å². The predicted molar refractivity (Wildman–Crippen MR) is 111 cm³/mol. The lowest BCUT2D eigenvalue weighted by Crippen LogP contribution is -2.16. The van der Waals surface area contributed by atoms with Crippen molar-refractivity contribution in [3.63, 3.8) is 0 Å². The third-order valence-corrected chi connectivity index (χ3v) is 4.55. The SMILES string of the molecule is COc1ccccc1CN(C)c1ccc(Oc2nc(O)c3ccncc3n2)cc1. The van der Waals surface area contributed by atoms with Crippen LogP contribution < -0.4 is 14.4 Å². The van der Waals surface area contributed by atoms with Crippen molar-refractivity contribution in [2.75, 3.05) is 19.1 Å². The average molecular weight is 388 g/mol. The molecule has 4 aromatic rings. The van der Waals surface area contributed by atoms with E-state index >= 15 is 0 Å². The fourth-order valence-corrected chi connectivity index (χ4v) is 3.04. The molecule has 0 saturated carbocycles. The Bertz CT molecular complexity index is 1130. The number of hydrogen-bond acceptors (Lipinski definition) is 7. The Labute approximate surface area is 168 Å². The molecular formula is C22H20N4O3. The van der Waals surface area contributed by atoms with Crippen LogP contribution in [0.4, 0.5) is 5.69 Å². The maximum absolute atomic E-state index is 10.1. The van der Waals surface area contributed by atoms with Gasteiger partial charge in [0.2, 0.25) is 5.88 Å². The van der Waals surface area contributed by atoms with E-state index in [1.54, 1.807) is 25.6 Å².